The fraction of sp³-hybridized carbons (Fsp3) is 0.158. The molecule has 0 unspecified atom stereocenters. The van der Waals surface area contributed by atoms with Gasteiger partial charge in [0.1, 0.15) is 12.4 Å². The van der Waals surface area contributed by atoms with Gasteiger partial charge in [-0.25, -0.2) is 13.9 Å². The first-order valence-electron chi connectivity index (χ1n) is 7.59. The number of esters is 1. The van der Waals surface area contributed by atoms with Crippen molar-refractivity contribution in [2.75, 3.05) is 0 Å². The Hall–Kier alpha value is -2.95. The summed E-state index contributed by atoms with van der Waals surface area (Å²) in [6.07, 6.45) is 0. The molecular formula is C19H17FN2O2. The normalized spacial score (nSPS) is 10.6. The van der Waals surface area contributed by atoms with Crippen LogP contribution in [-0.4, -0.2) is 15.7 Å². The first kappa shape index (κ1) is 15.9. The van der Waals surface area contributed by atoms with Crippen LogP contribution >= 0.6 is 0 Å². The van der Waals surface area contributed by atoms with Crippen molar-refractivity contribution in [3.63, 3.8) is 0 Å². The Balaban J connectivity index is 1.70. The van der Waals surface area contributed by atoms with Crippen molar-refractivity contribution in [1.82, 2.24) is 9.78 Å². The highest BCUT2D eigenvalue weighted by atomic mass is 19.1. The number of halogens is 1. The number of rotatable bonds is 4. The van der Waals surface area contributed by atoms with Crippen molar-refractivity contribution in [1.29, 1.82) is 0 Å². The van der Waals surface area contributed by atoms with Crippen molar-refractivity contribution in [2.45, 2.75) is 20.5 Å². The van der Waals surface area contributed by atoms with E-state index < -0.39 is 5.97 Å². The zero-order valence-electron chi connectivity index (χ0n) is 13.5. The van der Waals surface area contributed by atoms with Crippen LogP contribution in [-0.2, 0) is 11.3 Å². The molecule has 2 aromatic carbocycles. The van der Waals surface area contributed by atoms with Crippen LogP contribution in [0.25, 0.3) is 5.69 Å². The van der Waals surface area contributed by atoms with Crippen molar-refractivity contribution < 1.29 is 13.9 Å². The van der Waals surface area contributed by atoms with E-state index in [-0.39, 0.29) is 12.4 Å². The molecule has 0 aliphatic heterocycles. The van der Waals surface area contributed by atoms with Crippen molar-refractivity contribution in [3.8, 4) is 5.69 Å². The number of nitrogens with zero attached hydrogens (tertiary/aromatic N) is 2. The highest BCUT2D eigenvalue weighted by Gasteiger charge is 2.10. The molecule has 0 spiro atoms. The van der Waals surface area contributed by atoms with E-state index in [9.17, 15) is 9.18 Å². The number of carbonyl (C=O) groups is 1. The lowest BCUT2D eigenvalue weighted by atomic mass is 10.2. The molecule has 0 saturated carbocycles. The van der Waals surface area contributed by atoms with E-state index in [4.69, 9.17) is 4.74 Å². The molecule has 0 atom stereocenters. The van der Waals surface area contributed by atoms with Crippen molar-refractivity contribution in [3.05, 3.63) is 82.9 Å². The van der Waals surface area contributed by atoms with Crippen molar-refractivity contribution >= 4 is 5.97 Å². The lowest BCUT2D eigenvalue weighted by molar-refractivity contribution is 0.0469. The fourth-order valence-electron chi connectivity index (χ4n) is 2.47. The van der Waals surface area contributed by atoms with Gasteiger partial charge in [0.05, 0.1) is 16.9 Å². The number of aryl methyl sites for hydroxylation is 2. The average Bonchev–Trinajstić information content (AvgIpc) is 2.92. The van der Waals surface area contributed by atoms with Gasteiger partial charge in [0.25, 0.3) is 0 Å². The molecule has 0 aliphatic carbocycles. The molecule has 0 aliphatic rings. The van der Waals surface area contributed by atoms with E-state index in [1.165, 1.54) is 6.07 Å². The second kappa shape index (κ2) is 6.66. The third kappa shape index (κ3) is 3.35. The molecule has 0 amide bonds. The Morgan fingerprint density at radius 1 is 1.12 bits per heavy atom. The lowest BCUT2D eigenvalue weighted by Crippen LogP contribution is -2.07. The van der Waals surface area contributed by atoms with Gasteiger partial charge in [0.15, 0.2) is 0 Å². The van der Waals surface area contributed by atoms with Gasteiger partial charge >= 0.3 is 5.97 Å². The topological polar surface area (TPSA) is 44.1 Å². The summed E-state index contributed by atoms with van der Waals surface area (Å²) in [7, 11) is 0. The molecule has 0 N–H and O–H groups in total. The van der Waals surface area contributed by atoms with Crippen LogP contribution in [0.5, 0.6) is 0 Å². The molecule has 3 aromatic rings. The number of hydrogen-bond donors (Lipinski definition) is 0. The van der Waals surface area contributed by atoms with Gasteiger partial charge in [0, 0.05) is 11.3 Å². The van der Waals surface area contributed by atoms with Crippen LogP contribution in [0.2, 0.25) is 0 Å². The molecule has 1 heterocycles. The Morgan fingerprint density at radius 3 is 2.46 bits per heavy atom. The van der Waals surface area contributed by atoms with Crippen LogP contribution in [0.15, 0.2) is 54.6 Å². The maximum atomic E-state index is 13.5. The summed E-state index contributed by atoms with van der Waals surface area (Å²) < 4.78 is 20.5. The van der Waals surface area contributed by atoms with E-state index in [0.717, 1.165) is 17.1 Å². The van der Waals surface area contributed by atoms with Gasteiger partial charge in [-0.2, -0.15) is 5.10 Å². The summed E-state index contributed by atoms with van der Waals surface area (Å²) in [4.78, 5) is 12.1. The number of benzene rings is 2. The monoisotopic (exact) mass is 324 g/mol. The highest BCUT2D eigenvalue weighted by Crippen LogP contribution is 2.15. The predicted octanol–water partition coefficient (Wildman–Crippen LogP) is 3.99. The molecule has 0 bridgehead atoms. The number of ether oxygens (including phenoxy) is 1. The van der Waals surface area contributed by atoms with Crippen LogP contribution < -0.4 is 0 Å². The summed E-state index contributed by atoms with van der Waals surface area (Å²) in [6.45, 7) is 3.80. The quantitative estimate of drug-likeness (QED) is 0.682. The van der Waals surface area contributed by atoms with Gasteiger partial charge in [-0.3, -0.25) is 0 Å². The van der Waals surface area contributed by atoms with Gasteiger partial charge in [-0.05, 0) is 50.2 Å². The van der Waals surface area contributed by atoms with Gasteiger partial charge in [-0.1, -0.05) is 18.2 Å². The molecule has 24 heavy (non-hydrogen) atoms. The summed E-state index contributed by atoms with van der Waals surface area (Å²) in [5.41, 5.74) is 3.58. The molecule has 0 saturated heterocycles. The highest BCUT2D eigenvalue weighted by molar-refractivity contribution is 5.89. The maximum absolute atomic E-state index is 13.5. The Kier molecular flexibility index (Phi) is 4.42. The van der Waals surface area contributed by atoms with Crippen LogP contribution in [0.4, 0.5) is 4.39 Å². The average molecular weight is 324 g/mol. The third-order valence-corrected chi connectivity index (χ3v) is 3.67. The van der Waals surface area contributed by atoms with Gasteiger partial charge in [0.2, 0.25) is 0 Å². The molecule has 3 rings (SSSR count). The number of aromatic nitrogens is 2. The maximum Gasteiger partial charge on any atom is 0.338 e. The Morgan fingerprint density at radius 2 is 1.83 bits per heavy atom. The molecule has 5 heteroatoms. The smallest absolute Gasteiger partial charge is 0.338 e. The molecular weight excluding hydrogens is 307 g/mol. The number of carbonyl (C=O) groups excluding carboxylic acids is 1. The first-order chi connectivity index (χ1) is 11.5. The van der Waals surface area contributed by atoms with E-state index >= 15 is 0 Å². The SMILES string of the molecule is Cc1cc(C)n(-c2ccc(C(=O)OCc3ccccc3F)cc2)n1. The minimum Gasteiger partial charge on any atom is -0.457 e. The van der Waals surface area contributed by atoms with Crippen LogP contribution in [0.3, 0.4) is 0 Å². The molecule has 1 aromatic heterocycles. The Labute approximate surface area is 139 Å². The standard InChI is InChI=1S/C19H17FN2O2/c1-13-11-14(2)22(21-13)17-9-7-15(8-10-17)19(23)24-12-16-5-3-4-6-18(16)20/h3-11H,12H2,1-2H3. The molecule has 4 nitrogen and oxygen atoms in total. The predicted molar refractivity (Wildman–Crippen MR) is 88.6 cm³/mol. The van der Waals surface area contributed by atoms with E-state index in [2.05, 4.69) is 5.10 Å². The summed E-state index contributed by atoms with van der Waals surface area (Å²) >= 11 is 0. The molecule has 0 fully saturated rings. The summed E-state index contributed by atoms with van der Waals surface area (Å²) in [5, 5.41) is 4.40. The third-order valence-electron chi connectivity index (χ3n) is 3.67. The van der Waals surface area contributed by atoms with E-state index in [1.54, 1.807) is 42.5 Å². The molecule has 122 valence electrons. The lowest BCUT2D eigenvalue weighted by Gasteiger charge is -2.08. The van der Waals surface area contributed by atoms with Gasteiger partial charge in [-0.15, -0.1) is 0 Å². The fourth-order valence-corrected chi connectivity index (χ4v) is 2.47. The van der Waals surface area contributed by atoms with E-state index in [1.807, 2.05) is 24.6 Å². The Bertz CT molecular complexity index is 869. The largest absolute Gasteiger partial charge is 0.457 e. The summed E-state index contributed by atoms with van der Waals surface area (Å²) in [5.74, 6) is -0.872. The molecule has 0 radical (unpaired) electrons. The zero-order chi connectivity index (χ0) is 17.1. The van der Waals surface area contributed by atoms with Gasteiger partial charge < -0.3 is 4.74 Å². The van der Waals surface area contributed by atoms with Crippen LogP contribution in [0.1, 0.15) is 27.3 Å². The van der Waals surface area contributed by atoms with Crippen molar-refractivity contribution in [2.24, 2.45) is 0 Å². The minimum absolute atomic E-state index is 0.0925. The number of hydrogen-bond acceptors (Lipinski definition) is 3. The minimum atomic E-state index is -0.488. The zero-order valence-corrected chi connectivity index (χ0v) is 13.5. The van der Waals surface area contributed by atoms with E-state index in [0.29, 0.717) is 11.1 Å². The second-order valence-corrected chi connectivity index (χ2v) is 5.55. The second-order valence-electron chi connectivity index (χ2n) is 5.55. The summed E-state index contributed by atoms with van der Waals surface area (Å²) in [6, 6.07) is 15.2. The first-order valence-corrected chi connectivity index (χ1v) is 7.59. The van der Waals surface area contributed by atoms with Crippen LogP contribution in [0, 0.1) is 19.7 Å².